The molecule has 0 spiro atoms. The van der Waals surface area contributed by atoms with Gasteiger partial charge >= 0.3 is 117 Å². The first kappa shape index (κ1) is 22.6. The Labute approximate surface area is 142 Å². The van der Waals surface area contributed by atoms with Crippen molar-refractivity contribution in [3.05, 3.63) is 0 Å². The largest absolute Gasteiger partial charge is 2.00 e. The van der Waals surface area contributed by atoms with Crippen molar-refractivity contribution in [3.8, 4) is 0 Å². The zero-order chi connectivity index (χ0) is 4.50. The van der Waals surface area contributed by atoms with E-state index in [1.807, 2.05) is 0 Å². The molecule has 44 valence electrons. The van der Waals surface area contributed by atoms with Crippen LogP contribution in [0.2, 0.25) is 0 Å². The van der Waals surface area contributed by atoms with Gasteiger partial charge in [0.15, 0.2) is 0 Å². The molecule has 0 heterocycles. The third-order valence-corrected chi connectivity index (χ3v) is 0. The molecule has 0 atom stereocenters. The Morgan fingerprint density at radius 2 is 1.25 bits per heavy atom. The summed E-state index contributed by atoms with van der Waals surface area (Å²) in [6.45, 7) is 0. The standard InChI is InChI=1S/Ba.Ca.Mg.H3O4P.6H/c;;;1-5(2,3)4;;;;;;/h;;;(H3,1,2,3,4);;;;;;/q3*+2;;6*-1. The van der Waals surface area contributed by atoms with E-state index in [4.69, 9.17) is 19.2 Å². The van der Waals surface area contributed by atoms with Gasteiger partial charge in [0.05, 0.1) is 0 Å². The van der Waals surface area contributed by atoms with Crippen LogP contribution >= 0.6 is 7.82 Å². The fourth-order valence-corrected chi connectivity index (χ4v) is 0. The summed E-state index contributed by atoms with van der Waals surface area (Å²) in [5, 5.41) is 0. The first-order valence-corrected chi connectivity index (χ1v) is 2.35. The Kier molecular flexibility index (Phi) is 30.2. The summed E-state index contributed by atoms with van der Waals surface area (Å²) in [6, 6.07) is 0. The number of phosphoric acid groups is 1. The number of hydrogen-bond acceptors (Lipinski definition) is 1. The second-order valence-electron chi connectivity index (χ2n) is 0.513. The number of rotatable bonds is 0. The molecule has 3 N–H and O–H groups in total. The molecule has 0 aromatic rings. The molecule has 0 aliphatic carbocycles. The summed E-state index contributed by atoms with van der Waals surface area (Å²) in [5.41, 5.74) is 0. The van der Waals surface area contributed by atoms with Gasteiger partial charge in [-0.3, -0.25) is 0 Å². The molecular weight excluding hydrogens is 297 g/mol. The van der Waals surface area contributed by atoms with Crippen LogP contribution in [0.4, 0.5) is 0 Å². The average molecular weight is 306 g/mol. The molecule has 0 aliphatic rings. The van der Waals surface area contributed by atoms with Gasteiger partial charge < -0.3 is 23.2 Å². The summed E-state index contributed by atoms with van der Waals surface area (Å²) < 4.78 is 8.88. The van der Waals surface area contributed by atoms with E-state index >= 15 is 0 Å². The minimum Gasteiger partial charge on any atom is -1.00 e. The molecule has 0 bridgehead atoms. The van der Waals surface area contributed by atoms with E-state index in [1.54, 1.807) is 0 Å². The van der Waals surface area contributed by atoms with E-state index in [1.165, 1.54) is 0 Å². The van der Waals surface area contributed by atoms with Gasteiger partial charge in [-0.05, 0) is 0 Å². The molecule has 0 saturated carbocycles. The van der Waals surface area contributed by atoms with Gasteiger partial charge in [-0.2, -0.15) is 0 Å². The van der Waals surface area contributed by atoms with Crippen LogP contribution in [0.25, 0.3) is 0 Å². The Bertz CT molecular complexity index is 76.0. The molecule has 4 nitrogen and oxygen atoms in total. The number of hydrogen-bond donors (Lipinski definition) is 3. The van der Waals surface area contributed by atoms with Crippen molar-refractivity contribution in [3.63, 3.8) is 0 Å². The maximum Gasteiger partial charge on any atom is 2.00 e. The SMILES string of the molecule is O=P(O)(O)O.[Ba+2].[Ca+2].[H-].[H-].[H-].[H-].[H-].[H-].[Mg+2]. The van der Waals surface area contributed by atoms with Crippen LogP contribution in [0.15, 0.2) is 0 Å². The van der Waals surface area contributed by atoms with Crippen molar-refractivity contribution in [2.24, 2.45) is 0 Å². The molecule has 0 saturated heterocycles. The molecular formula is H9BaCaMgO4P. The molecule has 0 radical (unpaired) electrons. The summed E-state index contributed by atoms with van der Waals surface area (Å²) >= 11 is 0. The molecule has 0 aromatic carbocycles. The van der Waals surface area contributed by atoms with E-state index < -0.39 is 7.82 Å². The monoisotopic (exact) mass is 306 g/mol. The summed E-state index contributed by atoms with van der Waals surface area (Å²) in [4.78, 5) is 21.6. The van der Waals surface area contributed by atoms with Crippen molar-refractivity contribution >= 4 is 117 Å². The zero-order valence-electron chi connectivity index (χ0n) is 10.3. The fraction of sp³-hybridized carbons (Fsp3) is 0. The first-order chi connectivity index (χ1) is 2.00. The third-order valence-electron chi connectivity index (χ3n) is 0. The van der Waals surface area contributed by atoms with Crippen molar-refractivity contribution in [2.75, 3.05) is 0 Å². The van der Waals surface area contributed by atoms with Crippen molar-refractivity contribution in [1.29, 1.82) is 0 Å². The van der Waals surface area contributed by atoms with Gasteiger partial charge in [0.25, 0.3) is 0 Å². The quantitative estimate of drug-likeness (QED) is 0.380. The Morgan fingerprint density at radius 3 is 1.25 bits per heavy atom. The van der Waals surface area contributed by atoms with Crippen molar-refractivity contribution < 1.29 is 27.8 Å². The van der Waals surface area contributed by atoms with E-state index in [9.17, 15) is 0 Å². The fourth-order valence-electron chi connectivity index (χ4n) is 0. The molecule has 0 fully saturated rings. The normalized spacial score (nSPS) is 7.38. The van der Waals surface area contributed by atoms with Crippen LogP contribution in [0.3, 0.4) is 0 Å². The minimum absolute atomic E-state index is 0. The van der Waals surface area contributed by atoms with Crippen molar-refractivity contribution in [2.45, 2.75) is 0 Å². The summed E-state index contributed by atoms with van der Waals surface area (Å²) in [5.74, 6) is 0. The van der Waals surface area contributed by atoms with Crippen LogP contribution in [0.5, 0.6) is 0 Å². The molecule has 8 heteroatoms. The summed E-state index contributed by atoms with van der Waals surface area (Å²) in [6.07, 6.45) is 0. The average Bonchev–Trinajstić information content (AvgIpc) is 0.722. The second kappa shape index (κ2) is 10.7. The third kappa shape index (κ3) is 53.5. The predicted molar refractivity (Wildman–Crippen MR) is 38.2 cm³/mol. The molecule has 0 aromatic heterocycles. The zero-order valence-corrected chi connectivity index (χ0v) is 13.3. The van der Waals surface area contributed by atoms with Gasteiger partial charge in [0.1, 0.15) is 0 Å². The van der Waals surface area contributed by atoms with E-state index in [-0.39, 0.29) is 118 Å². The first-order valence-electron chi connectivity index (χ1n) is 0.783. The van der Waals surface area contributed by atoms with Gasteiger partial charge in [0, 0.05) is 0 Å². The Balaban J connectivity index is -0.00000000222. The molecule has 0 unspecified atom stereocenters. The van der Waals surface area contributed by atoms with Crippen molar-refractivity contribution in [1.82, 2.24) is 0 Å². The van der Waals surface area contributed by atoms with Crippen LogP contribution < -0.4 is 0 Å². The molecule has 0 amide bonds. The van der Waals surface area contributed by atoms with E-state index in [0.29, 0.717) is 0 Å². The van der Waals surface area contributed by atoms with Crippen LogP contribution in [-0.2, 0) is 4.57 Å². The van der Waals surface area contributed by atoms with Crippen LogP contribution in [0, 0.1) is 0 Å². The Hall–Kier alpha value is 3.71. The molecule has 0 rings (SSSR count). The minimum atomic E-state index is -4.64. The van der Waals surface area contributed by atoms with Crippen LogP contribution in [0.1, 0.15) is 8.56 Å². The Morgan fingerprint density at radius 1 is 1.25 bits per heavy atom. The predicted octanol–water partition coefficient (Wildman–Crippen LogP) is -1.40. The van der Waals surface area contributed by atoms with E-state index in [2.05, 4.69) is 0 Å². The van der Waals surface area contributed by atoms with Gasteiger partial charge in [-0.15, -0.1) is 0 Å². The summed E-state index contributed by atoms with van der Waals surface area (Å²) in [7, 11) is -4.64. The second-order valence-corrected chi connectivity index (χ2v) is 1.54. The van der Waals surface area contributed by atoms with Gasteiger partial charge in [-0.25, -0.2) is 4.57 Å². The maximum absolute atomic E-state index is 8.88. The smallest absolute Gasteiger partial charge is 1.00 e. The van der Waals surface area contributed by atoms with Crippen LogP contribution in [-0.4, -0.2) is 124 Å². The van der Waals surface area contributed by atoms with Gasteiger partial charge in [0.2, 0.25) is 0 Å². The van der Waals surface area contributed by atoms with Gasteiger partial charge in [-0.1, -0.05) is 0 Å². The van der Waals surface area contributed by atoms with E-state index in [0.717, 1.165) is 0 Å². The molecule has 0 aliphatic heterocycles. The topological polar surface area (TPSA) is 77.8 Å². The molecule has 8 heavy (non-hydrogen) atoms. The maximum atomic E-state index is 8.88.